The van der Waals surface area contributed by atoms with Crippen LogP contribution in [0.15, 0.2) is 23.4 Å². The van der Waals surface area contributed by atoms with Gasteiger partial charge < -0.3 is 10.2 Å². The highest BCUT2D eigenvalue weighted by atomic mass is 32.2. The lowest BCUT2D eigenvalue weighted by Crippen LogP contribution is -2.47. The molecule has 2 aliphatic heterocycles. The van der Waals surface area contributed by atoms with Gasteiger partial charge in [-0.3, -0.25) is 4.57 Å². The van der Waals surface area contributed by atoms with Crippen molar-refractivity contribution in [3.63, 3.8) is 0 Å². The fourth-order valence-electron chi connectivity index (χ4n) is 3.04. The summed E-state index contributed by atoms with van der Waals surface area (Å²) in [5.41, 5.74) is 0. The number of amides is 1. The lowest BCUT2D eigenvalue weighted by molar-refractivity contribution is 0.206. The molecule has 2 aliphatic rings. The van der Waals surface area contributed by atoms with Gasteiger partial charge in [-0.2, -0.15) is 0 Å². The first kappa shape index (κ1) is 12.1. The summed E-state index contributed by atoms with van der Waals surface area (Å²) in [5, 5.41) is 3.15. The maximum atomic E-state index is 12.1. The number of hydrogen-bond donors (Lipinski definition) is 1. The Hall–Kier alpha value is -0.940. The molecular weight excluding hydrogens is 246 g/mol. The molecule has 0 aliphatic carbocycles. The van der Waals surface area contributed by atoms with Crippen molar-refractivity contribution in [2.24, 2.45) is 5.92 Å². The fraction of sp³-hybridized carbons (Fsp3) is 0.615. The molecule has 18 heavy (non-hydrogen) atoms. The van der Waals surface area contributed by atoms with E-state index in [1.165, 1.54) is 19.5 Å². The Kier molecular flexibility index (Phi) is 3.35. The van der Waals surface area contributed by atoms with Crippen LogP contribution in [0.1, 0.15) is 12.8 Å². The van der Waals surface area contributed by atoms with E-state index >= 15 is 0 Å². The molecule has 1 amide bonds. The number of rotatable bonds is 2. The van der Waals surface area contributed by atoms with Crippen molar-refractivity contribution in [3.05, 3.63) is 18.5 Å². The van der Waals surface area contributed by atoms with Gasteiger partial charge >= 0.3 is 6.03 Å². The molecule has 98 valence electrons. The van der Waals surface area contributed by atoms with E-state index in [0.717, 1.165) is 23.8 Å². The van der Waals surface area contributed by atoms with Gasteiger partial charge in [0.15, 0.2) is 0 Å². The summed E-state index contributed by atoms with van der Waals surface area (Å²) in [4.78, 5) is 15.7. The lowest BCUT2D eigenvalue weighted by Gasteiger charge is -2.30. The summed E-state index contributed by atoms with van der Waals surface area (Å²) in [6.07, 6.45) is 8.17. The SMILES string of the molecule is CSc1ccn(C(=O)N[C@@H]2C[C@H]3CCN(C3)C2)c1. The fourth-order valence-corrected chi connectivity index (χ4v) is 3.45. The lowest BCUT2D eigenvalue weighted by atomic mass is 9.97. The Morgan fingerprint density at radius 2 is 2.39 bits per heavy atom. The maximum absolute atomic E-state index is 12.1. The van der Waals surface area contributed by atoms with Crippen LogP contribution in [0.5, 0.6) is 0 Å². The van der Waals surface area contributed by atoms with Crippen LogP contribution < -0.4 is 5.32 Å². The quantitative estimate of drug-likeness (QED) is 0.829. The van der Waals surface area contributed by atoms with E-state index in [1.807, 2.05) is 24.7 Å². The number of carbonyl (C=O) groups is 1. The highest BCUT2D eigenvalue weighted by Crippen LogP contribution is 2.26. The Labute approximate surface area is 112 Å². The Bertz CT molecular complexity index is 433. The molecule has 2 bridgehead atoms. The van der Waals surface area contributed by atoms with Crippen LogP contribution in [0.2, 0.25) is 0 Å². The zero-order chi connectivity index (χ0) is 12.5. The highest BCUT2D eigenvalue weighted by molar-refractivity contribution is 7.98. The van der Waals surface area contributed by atoms with Crippen LogP contribution >= 0.6 is 11.8 Å². The topological polar surface area (TPSA) is 37.3 Å². The average Bonchev–Trinajstić information content (AvgIpc) is 2.96. The van der Waals surface area contributed by atoms with Crippen molar-refractivity contribution >= 4 is 17.8 Å². The molecule has 3 rings (SSSR count). The van der Waals surface area contributed by atoms with Crippen molar-refractivity contribution in [2.75, 3.05) is 25.9 Å². The molecule has 1 aromatic heterocycles. The Balaban J connectivity index is 1.60. The van der Waals surface area contributed by atoms with Gasteiger partial charge in [-0.05, 0) is 37.6 Å². The minimum Gasteiger partial charge on any atom is -0.333 e. The normalized spacial score (nSPS) is 30.4. The van der Waals surface area contributed by atoms with Crippen molar-refractivity contribution < 1.29 is 4.79 Å². The van der Waals surface area contributed by atoms with Crippen LogP contribution in [0.4, 0.5) is 4.79 Å². The van der Waals surface area contributed by atoms with E-state index in [-0.39, 0.29) is 6.03 Å². The van der Waals surface area contributed by atoms with Gasteiger partial charge in [-0.15, -0.1) is 11.8 Å². The summed E-state index contributed by atoms with van der Waals surface area (Å²) in [7, 11) is 0. The van der Waals surface area contributed by atoms with E-state index in [1.54, 1.807) is 16.3 Å². The number of carbonyl (C=O) groups excluding carboxylic acids is 1. The van der Waals surface area contributed by atoms with Crippen LogP contribution in [0, 0.1) is 5.92 Å². The molecule has 2 fully saturated rings. The molecule has 4 nitrogen and oxygen atoms in total. The van der Waals surface area contributed by atoms with Gasteiger partial charge in [0, 0.05) is 36.4 Å². The third-order valence-corrected chi connectivity index (χ3v) is 4.64. The molecule has 5 heteroatoms. The molecule has 2 saturated heterocycles. The minimum absolute atomic E-state index is 0.00259. The molecule has 3 heterocycles. The monoisotopic (exact) mass is 265 g/mol. The van der Waals surface area contributed by atoms with Gasteiger partial charge in [0.1, 0.15) is 0 Å². The number of piperidine rings is 1. The van der Waals surface area contributed by atoms with Crippen molar-refractivity contribution in [1.29, 1.82) is 0 Å². The molecule has 1 aromatic rings. The molecule has 0 saturated carbocycles. The highest BCUT2D eigenvalue weighted by Gasteiger charge is 2.32. The van der Waals surface area contributed by atoms with Gasteiger partial charge in [0.05, 0.1) is 0 Å². The first-order chi connectivity index (χ1) is 8.74. The molecule has 1 unspecified atom stereocenters. The van der Waals surface area contributed by atoms with Crippen LogP contribution in [-0.4, -0.2) is 47.4 Å². The summed E-state index contributed by atoms with van der Waals surface area (Å²) in [6.45, 7) is 3.45. The van der Waals surface area contributed by atoms with Crippen LogP contribution in [0.3, 0.4) is 0 Å². The Morgan fingerprint density at radius 1 is 1.50 bits per heavy atom. The second-order valence-corrected chi connectivity index (χ2v) is 6.13. The van der Waals surface area contributed by atoms with E-state index in [0.29, 0.717) is 6.04 Å². The number of hydrogen-bond acceptors (Lipinski definition) is 3. The third kappa shape index (κ3) is 2.42. The number of nitrogens with zero attached hydrogens (tertiary/aromatic N) is 2. The largest absolute Gasteiger partial charge is 0.333 e. The van der Waals surface area contributed by atoms with Crippen molar-refractivity contribution in [2.45, 2.75) is 23.8 Å². The predicted octanol–water partition coefficient (Wildman–Crippen LogP) is 1.86. The van der Waals surface area contributed by atoms with Crippen LogP contribution in [-0.2, 0) is 0 Å². The van der Waals surface area contributed by atoms with E-state index in [4.69, 9.17) is 0 Å². The predicted molar refractivity (Wildman–Crippen MR) is 73.1 cm³/mol. The standard InChI is InChI=1S/C13H19N3OS/c1-18-12-3-5-16(9-12)13(17)14-11-6-10-2-4-15(7-10)8-11/h3,5,9-11H,2,4,6-8H2,1H3,(H,14,17)/t10-,11-/m1/s1. The van der Waals surface area contributed by atoms with Crippen molar-refractivity contribution in [1.82, 2.24) is 14.8 Å². The molecule has 1 N–H and O–H groups in total. The van der Waals surface area contributed by atoms with Gasteiger partial charge in [-0.1, -0.05) is 0 Å². The number of aromatic nitrogens is 1. The molecule has 3 atom stereocenters. The average molecular weight is 265 g/mol. The first-order valence-electron chi connectivity index (χ1n) is 6.50. The van der Waals surface area contributed by atoms with Crippen molar-refractivity contribution in [3.8, 4) is 0 Å². The third-order valence-electron chi connectivity index (χ3n) is 3.93. The van der Waals surface area contributed by atoms with Gasteiger partial charge in [0.2, 0.25) is 0 Å². The number of fused-ring (bicyclic) bond motifs is 2. The summed E-state index contributed by atoms with van der Waals surface area (Å²) in [5.74, 6) is 0.787. The van der Waals surface area contributed by atoms with E-state index in [2.05, 4.69) is 10.2 Å². The minimum atomic E-state index is 0.00259. The zero-order valence-electron chi connectivity index (χ0n) is 10.6. The second-order valence-electron chi connectivity index (χ2n) is 5.25. The first-order valence-corrected chi connectivity index (χ1v) is 7.72. The van der Waals surface area contributed by atoms with Crippen LogP contribution in [0.25, 0.3) is 0 Å². The zero-order valence-corrected chi connectivity index (χ0v) is 11.4. The second kappa shape index (κ2) is 4.97. The molecule has 0 aromatic carbocycles. The van der Waals surface area contributed by atoms with Gasteiger partial charge in [0.25, 0.3) is 0 Å². The summed E-state index contributed by atoms with van der Waals surface area (Å²) in [6, 6.07) is 2.29. The summed E-state index contributed by atoms with van der Waals surface area (Å²) < 4.78 is 1.65. The number of thioether (sulfide) groups is 1. The van der Waals surface area contributed by atoms with E-state index in [9.17, 15) is 4.79 Å². The smallest absolute Gasteiger partial charge is 0.325 e. The maximum Gasteiger partial charge on any atom is 0.325 e. The Morgan fingerprint density at radius 3 is 3.11 bits per heavy atom. The molecular formula is C13H19N3OS. The van der Waals surface area contributed by atoms with Gasteiger partial charge in [-0.25, -0.2) is 4.79 Å². The van der Waals surface area contributed by atoms with E-state index < -0.39 is 0 Å². The molecule has 0 spiro atoms. The summed E-state index contributed by atoms with van der Waals surface area (Å²) >= 11 is 1.65. The number of nitrogens with one attached hydrogen (secondary N) is 1. The molecule has 0 radical (unpaired) electrons.